The zero-order valence-corrected chi connectivity index (χ0v) is 18.9. The first kappa shape index (κ1) is 24.2. The van der Waals surface area contributed by atoms with Gasteiger partial charge in [-0.1, -0.05) is 89.0 Å². The van der Waals surface area contributed by atoms with Crippen molar-refractivity contribution in [3.8, 4) is 5.75 Å². The van der Waals surface area contributed by atoms with Crippen molar-refractivity contribution in [3.05, 3.63) is 75.2 Å². The molecule has 9 heteroatoms. The second-order valence-corrected chi connectivity index (χ2v) is 8.33. The molecule has 0 fully saturated rings. The van der Waals surface area contributed by atoms with E-state index < -0.39 is 12.1 Å². The molecule has 0 heterocycles. The minimum absolute atomic E-state index is 0.169. The smallest absolute Gasteiger partial charge is 0.344 e. The summed E-state index contributed by atoms with van der Waals surface area (Å²) in [5.41, 5.74) is 6.56. The number of amidine groups is 1. The number of ether oxygens (including phenoxy) is 1. The number of halogens is 3. The lowest BCUT2D eigenvalue weighted by Gasteiger charge is -2.12. The highest BCUT2D eigenvalue weighted by Gasteiger charge is 2.15. The largest absolute Gasteiger partial charge is 0.479 e. The van der Waals surface area contributed by atoms with Crippen LogP contribution in [0, 0.1) is 5.41 Å². The quantitative estimate of drug-likeness (QED) is 0.219. The van der Waals surface area contributed by atoms with Crippen molar-refractivity contribution >= 4 is 68.5 Å². The third kappa shape index (κ3) is 6.99. The number of fused-ring (bicyclic) bond motifs is 1. The molecule has 3 aromatic carbocycles. The Morgan fingerprint density at radius 1 is 1.10 bits per heavy atom. The fourth-order valence-electron chi connectivity index (χ4n) is 2.41. The Bertz CT molecular complexity index is 1060. The fourth-order valence-corrected chi connectivity index (χ4v) is 3.55. The van der Waals surface area contributed by atoms with Gasteiger partial charge in [0.1, 0.15) is 5.75 Å². The highest BCUT2D eigenvalue weighted by atomic mass is 35.5. The van der Waals surface area contributed by atoms with Crippen LogP contribution in [0.4, 0.5) is 0 Å². The number of aliphatic carboxylic acids is 1. The number of nitrogens with two attached hydrogens (primary N) is 1. The third-order valence-corrected chi connectivity index (χ3v) is 5.67. The molecule has 3 aromatic rings. The molecule has 1 atom stereocenters. The second-order valence-electron chi connectivity index (χ2n) is 6.09. The normalized spacial score (nSPS) is 11.3. The van der Waals surface area contributed by atoms with E-state index in [4.69, 9.17) is 55.8 Å². The Labute approximate surface area is 193 Å². The van der Waals surface area contributed by atoms with Crippen LogP contribution in [-0.2, 0) is 10.5 Å². The topological polar surface area (TPSA) is 96.4 Å². The van der Waals surface area contributed by atoms with Crippen LogP contribution in [-0.4, -0.2) is 22.3 Å². The number of thioether (sulfide) groups is 1. The summed E-state index contributed by atoms with van der Waals surface area (Å²) >= 11 is 18.6. The maximum atomic E-state index is 10.5. The molecule has 0 aliphatic rings. The van der Waals surface area contributed by atoms with E-state index in [-0.39, 0.29) is 26.0 Å². The highest BCUT2D eigenvalue weighted by molar-refractivity contribution is 8.13. The number of carbonyl (C=O) groups is 1. The molecule has 0 saturated carbocycles. The Hall–Kier alpha value is -2.12. The molecule has 0 bridgehead atoms. The zero-order chi connectivity index (χ0) is 22.3. The van der Waals surface area contributed by atoms with Crippen LogP contribution in [0.1, 0.15) is 12.5 Å². The van der Waals surface area contributed by atoms with E-state index in [0.717, 1.165) is 5.75 Å². The van der Waals surface area contributed by atoms with Crippen LogP contribution in [0.25, 0.3) is 10.8 Å². The monoisotopic (exact) mass is 484 g/mol. The molecule has 3 rings (SSSR count). The molecular weight excluding hydrogens is 467 g/mol. The van der Waals surface area contributed by atoms with E-state index in [9.17, 15) is 4.79 Å². The number of benzene rings is 3. The van der Waals surface area contributed by atoms with Gasteiger partial charge in [-0.15, -0.1) is 0 Å². The summed E-state index contributed by atoms with van der Waals surface area (Å²) in [7, 11) is 0. The van der Waals surface area contributed by atoms with E-state index in [1.807, 2.05) is 18.2 Å². The Kier molecular flexibility index (Phi) is 9.11. The van der Waals surface area contributed by atoms with Crippen molar-refractivity contribution in [1.82, 2.24) is 0 Å². The minimum atomic E-state index is -1.09. The van der Waals surface area contributed by atoms with Crippen molar-refractivity contribution < 1.29 is 14.6 Å². The summed E-state index contributed by atoms with van der Waals surface area (Å²) in [6, 6.07) is 17.3. The van der Waals surface area contributed by atoms with Gasteiger partial charge in [-0.25, -0.2) is 4.79 Å². The van der Waals surface area contributed by atoms with E-state index in [1.165, 1.54) is 47.2 Å². The van der Waals surface area contributed by atoms with Crippen LogP contribution >= 0.6 is 46.6 Å². The molecular formula is C21H19Cl3N2O3S. The van der Waals surface area contributed by atoms with Crippen LogP contribution in [0.2, 0.25) is 15.1 Å². The van der Waals surface area contributed by atoms with Crippen LogP contribution < -0.4 is 10.5 Å². The van der Waals surface area contributed by atoms with Gasteiger partial charge < -0.3 is 15.6 Å². The Morgan fingerprint density at radius 2 is 1.73 bits per heavy atom. The van der Waals surface area contributed by atoms with E-state index in [2.05, 4.69) is 24.3 Å². The Morgan fingerprint density at radius 3 is 2.40 bits per heavy atom. The van der Waals surface area contributed by atoms with Gasteiger partial charge in [0.2, 0.25) is 0 Å². The van der Waals surface area contributed by atoms with Crippen molar-refractivity contribution in [2.45, 2.75) is 18.8 Å². The standard InChI is InChI=1S/C12H12N2S.C9H7Cl3O3/c13-12(14)15-8-10-6-3-5-9-4-1-2-7-11(9)10;1-4(9(13)14)15-8-3-6(11)5(10)2-7(8)12/h1-7H,8H2,(H3,13,14);2-4H,1H3,(H,13,14). The molecule has 0 saturated heterocycles. The van der Waals surface area contributed by atoms with Gasteiger partial charge in [0, 0.05) is 11.8 Å². The van der Waals surface area contributed by atoms with Gasteiger partial charge in [0.05, 0.1) is 15.1 Å². The van der Waals surface area contributed by atoms with Gasteiger partial charge >= 0.3 is 5.97 Å². The summed E-state index contributed by atoms with van der Waals surface area (Å²) in [6.07, 6.45) is -1.00. The summed E-state index contributed by atoms with van der Waals surface area (Å²) in [5.74, 6) is -0.130. The number of hydrogen-bond acceptors (Lipinski definition) is 4. The van der Waals surface area contributed by atoms with Gasteiger partial charge in [-0.2, -0.15) is 0 Å². The first-order valence-electron chi connectivity index (χ1n) is 8.66. The van der Waals surface area contributed by atoms with Gasteiger partial charge in [0.25, 0.3) is 0 Å². The molecule has 0 spiro atoms. The molecule has 0 radical (unpaired) electrons. The number of nitrogens with one attached hydrogen (secondary N) is 1. The zero-order valence-electron chi connectivity index (χ0n) is 15.9. The first-order chi connectivity index (χ1) is 14.2. The van der Waals surface area contributed by atoms with Gasteiger partial charge in [-0.05, 0) is 29.3 Å². The van der Waals surface area contributed by atoms with Crippen molar-refractivity contribution in [1.29, 1.82) is 5.41 Å². The number of hydrogen-bond donors (Lipinski definition) is 3. The van der Waals surface area contributed by atoms with E-state index in [0.29, 0.717) is 0 Å². The molecule has 4 N–H and O–H groups in total. The van der Waals surface area contributed by atoms with Gasteiger partial charge in [-0.3, -0.25) is 5.41 Å². The lowest BCUT2D eigenvalue weighted by molar-refractivity contribution is -0.144. The van der Waals surface area contributed by atoms with Gasteiger partial charge in [0.15, 0.2) is 11.3 Å². The summed E-state index contributed by atoms with van der Waals surface area (Å²) < 4.78 is 5.07. The molecule has 0 aromatic heterocycles. The van der Waals surface area contributed by atoms with Crippen LogP contribution in [0.5, 0.6) is 5.75 Å². The van der Waals surface area contributed by atoms with Crippen LogP contribution in [0.15, 0.2) is 54.6 Å². The Balaban J connectivity index is 0.000000214. The van der Waals surface area contributed by atoms with Crippen LogP contribution in [0.3, 0.4) is 0 Å². The maximum Gasteiger partial charge on any atom is 0.344 e. The predicted molar refractivity (Wildman–Crippen MR) is 126 cm³/mol. The number of carboxylic acids is 1. The molecule has 5 nitrogen and oxygen atoms in total. The second kappa shape index (κ2) is 11.3. The van der Waals surface area contributed by atoms with Crippen molar-refractivity contribution in [2.24, 2.45) is 5.73 Å². The molecule has 1 unspecified atom stereocenters. The average molecular weight is 486 g/mol. The van der Waals surface area contributed by atoms with Crippen molar-refractivity contribution in [3.63, 3.8) is 0 Å². The molecule has 0 amide bonds. The van der Waals surface area contributed by atoms with Crippen molar-refractivity contribution in [2.75, 3.05) is 0 Å². The lowest BCUT2D eigenvalue weighted by Crippen LogP contribution is -2.22. The lowest BCUT2D eigenvalue weighted by atomic mass is 10.1. The number of rotatable bonds is 5. The molecule has 0 aliphatic heterocycles. The molecule has 158 valence electrons. The molecule has 30 heavy (non-hydrogen) atoms. The highest BCUT2D eigenvalue weighted by Crippen LogP contribution is 2.34. The predicted octanol–water partition coefficient (Wildman–Crippen LogP) is 6.47. The average Bonchev–Trinajstić information content (AvgIpc) is 2.70. The fraction of sp³-hybridized carbons (Fsp3) is 0.143. The summed E-state index contributed by atoms with van der Waals surface area (Å²) in [5, 5.41) is 19.2. The summed E-state index contributed by atoms with van der Waals surface area (Å²) in [4.78, 5) is 10.5. The van der Waals surface area contributed by atoms with E-state index >= 15 is 0 Å². The molecule has 0 aliphatic carbocycles. The SMILES string of the molecule is CC(Oc1cc(Cl)c(Cl)cc1Cl)C(=O)O.N=C(N)SCc1cccc2ccccc12. The number of carboxylic acid groups (broad SMARTS) is 1. The third-order valence-electron chi connectivity index (χ3n) is 3.89. The maximum absolute atomic E-state index is 10.5. The summed E-state index contributed by atoms with van der Waals surface area (Å²) in [6.45, 7) is 1.39. The minimum Gasteiger partial charge on any atom is -0.479 e. The first-order valence-corrected chi connectivity index (χ1v) is 10.8. The van der Waals surface area contributed by atoms with E-state index in [1.54, 1.807) is 0 Å².